The fraction of sp³-hybridized carbons (Fsp3) is 0.167. The number of hydrogen-bond acceptors (Lipinski definition) is 4. The zero-order valence-electron chi connectivity index (χ0n) is 14.1. The van der Waals surface area contributed by atoms with E-state index in [1.165, 1.54) is 18.3 Å². The van der Waals surface area contributed by atoms with Gasteiger partial charge in [-0.3, -0.25) is 0 Å². The Bertz CT molecular complexity index is 1050. The summed E-state index contributed by atoms with van der Waals surface area (Å²) in [5.41, 5.74) is 1.25. The minimum absolute atomic E-state index is 0.0308. The first-order chi connectivity index (χ1) is 12.3. The van der Waals surface area contributed by atoms with Gasteiger partial charge in [0.25, 0.3) is 10.0 Å². The number of aryl methyl sites for hydroxylation is 1. The van der Waals surface area contributed by atoms with E-state index in [0.29, 0.717) is 29.4 Å². The van der Waals surface area contributed by atoms with Gasteiger partial charge in [-0.25, -0.2) is 17.4 Å². The van der Waals surface area contributed by atoms with Gasteiger partial charge in [0.15, 0.2) is 5.82 Å². The molecule has 2 aromatic carbocycles. The summed E-state index contributed by atoms with van der Waals surface area (Å²) in [7, 11) is -4.00. The number of hydrogen-bond donors (Lipinski definition) is 0. The van der Waals surface area contributed by atoms with Crippen molar-refractivity contribution in [1.82, 2.24) is 8.96 Å². The monoisotopic (exact) mass is 410 g/mol. The highest BCUT2D eigenvalue weighted by Crippen LogP contribution is 2.35. The molecule has 0 fully saturated rings. The van der Waals surface area contributed by atoms with Crippen molar-refractivity contribution in [3.63, 3.8) is 0 Å². The number of aromatic nitrogens is 2. The van der Waals surface area contributed by atoms with Crippen LogP contribution in [-0.4, -0.2) is 24.0 Å². The van der Waals surface area contributed by atoms with Crippen LogP contribution in [0.1, 0.15) is 12.6 Å². The highest BCUT2D eigenvalue weighted by molar-refractivity contribution is 7.90. The van der Waals surface area contributed by atoms with Crippen molar-refractivity contribution in [2.24, 2.45) is 0 Å². The van der Waals surface area contributed by atoms with Crippen LogP contribution in [0, 0.1) is 6.92 Å². The largest absolute Gasteiger partial charge is 0.492 e. The molecule has 0 N–H and O–H groups in total. The Morgan fingerprint density at radius 1 is 1.12 bits per heavy atom. The van der Waals surface area contributed by atoms with Crippen molar-refractivity contribution >= 4 is 33.2 Å². The number of benzene rings is 2. The van der Waals surface area contributed by atoms with Crippen LogP contribution in [0.25, 0.3) is 11.4 Å². The Labute approximate surface area is 162 Å². The quantitative estimate of drug-likeness (QED) is 0.605. The molecular weight excluding hydrogens is 395 g/mol. The van der Waals surface area contributed by atoms with Gasteiger partial charge in [0, 0.05) is 17.8 Å². The minimum atomic E-state index is -4.00. The molecule has 1 aromatic heterocycles. The maximum Gasteiger partial charge on any atom is 0.270 e. The Kier molecular flexibility index (Phi) is 5.27. The first kappa shape index (κ1) is 18.8. The van der Waals surface area contributed by atoms with Crippen molar-refractivity contribution in [3.8, 4) is 17.1 Å². The van der Waals surface area contributed by atoms with Crippen LogP contribution in [0.15, 0.2) is 53.6 Å². The molecule has 0 saturated carbocycles. The second-order valence-corrected chi connectivity index (χ2v) is 8.12. The van der Waals surface area contributed by atoms with Crippen LogP contribution < -0.4 is 4.74 Å². The van der Waals surface area contributed by atoms with Crippen molar-refractivity contribution in [3.05, 3.63) is 64.4 Å². The number of ether oxygens (including phenoxy) is 1. The highest BCUT2D eigenvalue weighted by Gasteiger charge is 2.26. The number of imidazole rings is 1. The third-order valence-electron chi connectivity index (χ3n) is 3.65. The van der Waals surface area contributed by atoms with E-state index in [2.05, 4.69) is 4.98 Å². The predicted octanol–water partition coefficient (Wildman–Crippen LogP) is 4.80. The Morgan fingerprint density at radius 2 is 1.81 bits per heavy atom. The third-order valence-corrected chi connectivity index (χ3v) is 6.06. The summed E-state index contributed by atoms with van der Waals surface area (Å²) in [5.74, 6) is 0.646. The molecule has 0 radical (unpaired) electrons. The van der Waals surface area contributed by atoms with Gasteiger partial charge in [-0.15, -0.1) is 0 Å². The van der Waals surface area contributed by atoms with E-state index in [9.17, 15) is 8.42 Å². The van der Waals surface area contributed by atoms with Gasteiger partial charge in [-0.2, -0.15) is 0 Å². The van der Waals surface area contributed by atoms with E-state index in [0.717, 1.165) is 3.97 Å². The molecule has 0 aliphatic carbocycles. The van der Waals surface area contributed by atoms with Crippen LogP contribution in [0.3, 0.4) is 0 Å². The molecule has 0 aliphatic rings. The van der Waals surface area contributed by atoms with Crippen LogP contribution in [0.5, 0.6) is 5.75 Å². The van der Waals surface area contributed by atoms with E-state index < -0.39 is 10.0 Å². The second kappa shape index (κ2) is 7.31. The van der Waals surface area contributed by atoms with Gasteiger partial charge in [0.05, 0.1) is 22.3 Å². The third kappa shape index (κ3) is 3.45. The lowest BCUT2D eigenvalue weighted by Crippen LogP contribution is -2.14. The first-order valence-corrected chi connectivity index (χ1v) is 10.0. The molecule has 3 rings (SSSR count). The standard InChI is InChI=1S/C18H16Cl2N2O3S/c1-3-25-16-9-15(20)17(10-14(16)19)26(23,24)22-11-12(2)21-18(22)13-7-5-4-6-8-13/h4-11H,3H2,1-2H3. The average Bonchev–Trinajstić information content (AvgIpc) is 3.01. The molecule has 0 saturated heterocycles. The molecule has 0 unspecified atom stereocenters. The van der Waals surface area contributed by atoms with Crippen LogP contribution in [-0.2, 0) is 10.0 Å². The first-order valence-electron chi connectivity index (χ1n) is 7.83. The number of nitrogens with zero attached hydrogens (tertiary/aromatic N) is 2. The molecule has 8 heteroatoms. The smallest absolute Gasteiger partial charge is 0.270 e. The van der Waals surface area contributed by atoms with Gasteiger partial charge in [0.2, 0.25) is 0 Å². The van der Waals surface area contributed by atoms with E-state index in [-0.39, 0.29) is 14.9 Å². The molecule has 5 nitrogen and oxygen atoms in total. The summed E-state index contributed by atoms with van der Waals surface area (Å²) in [6.45, 7) is 3.92. The summed E-state index contributed by atoms with van der Waals surface area (Å²) >= 11 is 12.4. The second-order valence-electron chi connectivity index (χ2n) is 5.52. The molecule has 0 atom stereocenters. The van der Waals surface area contributed by atoms with Crippen LogP contribution in [0.2, 0.25) is 10.0 Å². The lowest BCUT2D eigenvalue weighted by Gasteiger charge is -2.13. The summed E-state index contributed by atoms with van der Waals surface area (Å²) in [4.78, 5) is 4.25. The lowest BCUT2D eigenvalue weighted by atomic mass is 10.2. The molecule has 0 spiro atoms. The zero-order chi connectivity index (χ0) is 18.9. The summed E-state index contributed by atoms with van der Waals surface area (Å²) in [6, 6.07) is 11.8. The van der Waals surface area contributed by atoms with E-state index in [1.54, 1.807) is 26.0 Å². The van der Waals surface area contributed by atoms with Crippen molar-refractivity contribution in [2.75, 3.05) is 6.61 Å². The van der Waals surface area contributed by atoms with E-state index >= 15 is 0 Å². The fourth-order valence-corrected chi connectivity index (χ4v) is 4.70. The van der Waals surface area contributed by atoms with Gasteiger partial charge in [-0.1, -0.05) is 53.5 Å². The van der Waals surface area contributed by atoms with Crippen LogP contribution in [0.4, 0.5) is 0 Å². The number of rotatable bonds is 5. The van der Waals surface area contributed by atoms with E-state index in [4.69, 9.17) is 27.9 Å². The zero-order valence-corrected chi connectivity index (χ0v) is 16.4. The molecule has 1 heterocycles. The highest BCUT2D eigenvalue weighted by atomic mass is 35.5. The molecule has 0 aliphatic heterocycles. The molecule has 0 amide bonds. The topological polar surface area (TPSA) is 61.2 Å². The molecule has 3 aromatic rings. The number of halogens is 2. The molecule has 26 heavy (non-hydrogen) atoms. The Hall–Kier alpha value is -2.02. The van der Waals surface area contributed by atoms with Gasteiger partial charge >= 0.3 is 0 Å². The fourth-order valence-electron chi connectivity index (χ4n) is 2.52. The van der Waals surface area contributed by atoms with Gasteiger partial charge in [-0.05, 0) is 19.9 Å². The summed E-state index contributed by atoms with van der Waals surface area (Å²) in [6.07, 6.45) is 1.46. The van der Waals surface area contributed by atoms with Crippen LogP contribution >= 0.6 is 23.2 Å². The van der Waals surface area contributed by atoms with Gasteiger partial charge < -0.3 is 4.74 Å². The maximum absolute atomic E-state index is 13.2. The molecule has 0 bridgehead atoms. The molecule has 136 valence electrons. The summed E-state index contributed by atoms with van der Waals surface area (Å²) < 4.78 is 32.9. The average molecular weight is 411 g/mol. The summed E-state index contributed by atoms with van der Waals surface area (Å²) in [5, 5.41) is 0.205. The lowest BCUT2D eigenvalue weighted by molar-refractivity contribution is 0.340. The molecular formula is C18H16Cl2N2O3S. The van der Waals surface area contributed by atoms with Crippen molar-refractivity contribution < 1.29 is 13.2 Å². The SMILES string of the molecule is CCOc1cc(Cl)c(S(=O)(=O)n2cc(C)nc2-c2ccccc2)cc1Cl. The van der Waals surface area contributed by atoms with Gasteiger partial charge in [0.1, 0.15) is 10.6 Å². The van der Waals surface area contributed by atoms with E-state index in [1.807, 2.05) is 18.2 Å². The maximum atomic E-state index is 13.2. The predicted molar refractivity (Wildman–Crippen MR) is 103 cm³/mol. The van der Waals surface area contributed by atoms with Crippen molar-refractivity contribution in [1.29, 1.82) is 0 Å². The Morgan fingerprint density at radius 3 is 2.46 bits per heavy atom. The van der Waals surface area contributed by atoms with Crippen molar-refractivity contribution in [2.45, 2.75) is 18.7 Å². The minimum Gasteiger partial charge on any atom is -0.492 e. The normalized spacial score (nSPS) is 11.5. The Balaban J connectivity index is 2.18.